The summed E-state index contributed by atoms with van der Waals surface area (Å²) in [6.45, 7) is 6.12. The topological polar surface area (TPSA) is 115 Å². The van der Waals surface area contributed by atoms with Crippen molar-refractivity contribution in [2.45, 2.75) is 45.1 Å². The number of amides is 2. The molecule has 36 heavy (non-hydrogen) atoms. The van der Waals surface area contributed by atoms with E-state index in [-0.39, 0.29) is 35.2 Å². The molecule has 2 amide bonds. The maximum absolute atomic E-state index is 12.5. The molecule has 0 aliphatic carbocycles. The summed E-state index contributed by atoms with van der Waals surface area (Å²) in [5.41, 5.74) is 1.14. The molecule has 2 aromatic carbocycles. The third kappa shape index (κ3) is 7.46. The normalized spacial score (nSPS) is 10.8. The Balaban J connectivity index is 1.57. The zero-order chi connectivity index (χ0) is 26.2. The molecule has 190 valence electrons. The summed E-state index contributed by atoms with van der Waals surface area (Å²) in [6.07, 6.45) is -0.239. The lowest BCUT2D eigenvalue weighted by atomic mass is 10.2. The molecule has 0 bridgehead atoms. The number of aromatic nitrogens is 3. The van der Waals surface area contributed by atoms with Crippen LogP contribution in [0.25, 0.3) is 0 Å². The maximum Gasteiger partial charge on any atom is 0.338 e. The van der Waals surface area contributed by atoms with Crippen LogP contribution in [-0.2, 0) is 22.6 Å². The first-order valence-electron chi connectivity index (χ1n) is 11.1. The van der Waals surface area contributed by atoms with Crippen LogP contribution in [0.5, 0.6) is 0 Å². The average Bonchev–Trinajstić information content (AvgIpc) is 3.22. The number of nitrogens with one attached hydrogen (secondary N) is 2. The van der Waals surface area contributed by atoms with Crippen molar-refractivity contribution in [1.82, 2.24) is 20.1 Å². The molecule has 0 fully saturated rings. The lowest BCUT2D eigenvalue weighted by Crippen LogP contribution is -2.25. The van der Waals surface area contributed by atoms with Crippen LogP contribution in [0, 0.1) is 0 Å². The number of ether oxygens (including phenoxy) is 1. The van der Waals surface area contributed by atoms with Crippen molar-refractivity contribution < 1.29 is 19.1 Å². The van der Waals surface area contributed by atoms with E-state index in [1.165, 1.54) is 17.8 Å². The van der Waals surface area contributed by atoms with Gasteiger partial charge >= 0.3 is 5.97 Å². The van der Waals surface area contributed by atoms with Gasteiger partial charge in [0.15, 0.2) is 11.0 Å². The third-order valence-electron chi connectivity index (χ3n) is 4.75. The minimum absolute atomic E-state index is 0.0749. The van der Waals surface area contributed by atoms with Crippen molar-refractivity contribution >= 4 is 58.4 Å². The fraction of sp³-hybridized carbons (Fsp3) is 0.292. The number of esters is 1. The summed E-state index contributed by atoms with van der Waals surface area (Å²) >= 11 is 13.2. The number of hydrogen-bond acceptors (Lipinski definition) is 7. The molecule has 12 heteroatoms. The van der Waals surface area contributed by atoms with Crippen LogP contribution in [0.2, 0.25) is 10.0 Å². The number of carbonyl (C=O) groups excluding carboxylic acids is 3. The number of thioether (sulfide) groups is 1. The Hall–Kier alpha value is -3.08. The van der Waals surface area contributed by atoms with Crippen LogP contribution < -0.4 is 10.6 Å². The molecule has 0 radical (unpaired) electrons. The van der Waals surface area contributed by atoms with Crippen LogP contribution in [-0.4, -0.2) is 44.4 Å². The fourth-order valence-electron chi connectivity index (χ4n) is 3.14. The van der Waals surface area contributed by atoms with Gasteiger partial charge in [-0.1, -0.05) is 41.0 Å². The first-order chi connectivity index (χ1) is 17.2. The monoisotopic (exact) mass is 549 g/mol. The van der Waals surface area contributed by atoms with E-state index in [4.69, 9.17) is 27.9 Å². The second-order valence-corrected chi connectivity index (χ2v) is 9.61. The highest BCUT2D eigenvalue weighted by atomic mass is 35.5. The van der Waals surface area contributed by atoms with Gasteiger partial charge in [0.1, 0.15) is 0 Å². The zero-order valence-electron chi connectivity index (χ0n) is 19.9. The first kappa shape index (κ1) is 27.5. The number of hydrogen-bond donors (Lipinski definition) is 2. The van der Waals surface area contributed by atoms with Crippen LogP contribution >= 0.6 is 35.0 Å². The maximum atomic E-state index is 12.5. The SMILES string of the molecule is CCn1c(CNC(=O)c2ccc(Cl)cc2Cl)nnc1SCC(=O)Nc1cccc(C(=O)OC(C)C)c1. The van der Waals surface area contributed by atoms with Crippen molar-refractivity contribution in [3.63, 3.8) is 0 Å². The van der Waals surface area contributed by atoms with Gasteiger partial charge in [-0.2, -0.15) is 0 Å². The largest absolute Gasteiger partial charge is 0.459 e. The number of carbonyl (C=O) groups is 3. The predicted octanol–water partition coefficient (Wildman–Crippen LogP) is 4.83. The molecular weight excluding hydrogens is 525 g/mol. The Morgan fingerprint density at radius 3 is 2.58 bits per heavy atom. The molecular formula is C24H25Cl2N5O4S. The van der Waals surface area contributed by atoms with Gasteiger partial charge in [0.25, 0.3) is 5.91 Å². The van der Waals surface area contributed by atoms with Crippen molar-refractivity contribution in [1.29, 1.82) is 0 Å². The standard InChI is InChI=1S/C24H25Cl2N5O4S/c1-4-31-20(12-27-22(33)18-9-8-16(25)11-19(18)26)29-30-24(31)36-13-21(32)28-17-7-5-6-15(10-17)23(34)35-14(2)3/h5-11,14H,4,12-13H2,1-3H3,(H,27,33)(H,28,32). The fourth-order valence-corrected chi connectivity index (χ4v) is 4.45. The van der Waals surface area contributed by atoms with Crippen molar-refractivity contribution in [2.75, 3.05) is 11.1 Å². The third-order valence-corrected chi connectivity index (χ3v) is 6.26. The molecule has 3 rings (SSSR count). The molecule has 2 N–H and O–H groups in total. The molecule has 0 atom stereocenters. The van der Waals surface area contributed by atoms with E-state index in [0.29, 0.717) is 39.4 Å². The summed E-state index contributed by atoms with van der Waals surface area (Å²) in [7, 11) is 0. The highest BCUT2D eigenvalue weighted by molar-refractivity contribution is 7.99. The van der Waals surface area contributed by atoms with Gasteiger partial charge in [-0.25, -0.2) is 4.79 Å². The van der Waals surface area contributed by atoms with E-state index in [0.717, 1.165) is 0 Å². The molecule has 1 heterocycles. The molecule has 3 aromatic rings. The highest BCUT2D eigenvalue weighted by Gasteiger charge is 2.16. The van der Waals surface area contributed by atoms with Gasteiger partial charge in [0, 0.05) is 17.3 Å². The summed E-state index contributed by atoms with van der Waals surface area (Å²) in [5.74, 6) is -0.478. The minimum atomic E-state index is -0.454. The second kappa shape index (κ2) is 12.8. The predicted molar refractivity (Wildman–Crippen MR) is 140 cm³/mol. The van der Waals surface area contributed by atoms with Crippen LogP contribution in [0.3, 0.4) is 0 Å². The number of halogens is 2. The number of rotatable bonds is 10. The lowest BCUT2D eigenvalue weighted by Gasteiger charge is -2.10. The van der Waals surface area contributed by atoms with Gasteiger partial charge < -0.3 is 19.9 Å². The van der Waals surface area contributed by atoms with Gasteiger partial charge in [-0.15, -0.1) is 10.2 Å². The molecule has 0 saturated heterocycles. The van der Waals surface area contributed by atoms with E-state index in [1.807, 2.05) is 11.5 Å². The van der Waals surface area contributed by atoms with Crippen molar-refractivity contribution in [3.8, 4) is 0 Å². The summed E-state index contributed by atoms with van der Waals surface area (Å²) < 4.78 is 7.00. The average molecular weight is 550 g/mol. The molecule has 0 spiro atoms. The van der Waals surface area contributed by atoms with Gasteiger partial charge in [-0.3, -0.25) is 9.59 Å². The van der Waals surface area contributed by atoms with Crippen molar-refractivity contribution in [3.05, 3.63) is 69.5 Å². The minimum Gasteiger partial charge on any atom is -0.459 e. The molecule has 1 aromatic heterocycles. The first-order valence-corrected chi connectivity index (χ1v) is 12.8. The van der Waals surface area contributed by atoms with E-state index in [9.17, 15) is 14.4 Å². The Labute approximate surface area is 222 Å². The quantitative estimate of drug-likeness (QED) is 0.275. The van der Waals surface area contributed by atoms with E-state index in [2.05, 4.69) is 20.8 Å². The van der Waals surface area contributed by atoms with E-state index < -0.39 is 5.97 Å². The number of benzene rings is 2. The Kier molecular flexibility index (Phi) is 9.74. The molecule has 9 nitrogen and oxygen atoms in total. The molecule has 0 saturated carbocycles. The van der Waals surface area contributed by atoms with E-state index >= 15 is 0 Å². The zero-order valence-corrected chi connectivity index (χ0v) is 22.2. The summed E-state index contributed by atoms with van der Waals surface area (Å²) in [4.78, 5) is 37.1. The Bertz CT molecular complexity index is 1270. The Morgan fingerprint density at radius 1 is 1.11 bits per heavy atom. The summed E-state index contributed by atoms with van der Waals surface area (Å²) in [5, 5.41) is 15.1. The number of nitrogens with zero attached hydrogens (tertiary/aromatic N) is 3. The van der Waals surface area contributed by atoms with Gasteiger partial charge in [0.05, 0.1) is 34.6 Å². The molecule has 0 aliphatic heterocycles. The van der Waals surface area contributed by atoms with Gasteiger partial charge in [0.2, 0.25) is 5.91 Å². The van der Waals surface area contributed by atoms with Crippen LogP contribution in [0.15, 0.2) is 47.6 Å². The van der Waals surface area contributed by atoms with E-state index in [1.54, 1.807) is 50.2 Å². The van der Waals surface area contributed by atoms with Crippen LogP contribution in [0.4, 0.5) is 5.69 Å². The van der Waals surface area contributed by atoms with Crippen LogP contribution in [0.1, 0.15) is 47.3 Å². The van der Waals surface area contributed by atoms with Gasteiger partial charge in [-0.05, 0) is 57.2 Å². The Morgan fingerprint density at radius 2 is 1.89 bits per heavy atom. The smallest absolute Gasteiger partial charge is 0.338 e. The lowest BCUT2D eigenvalue weighted by molar-refractivity contribution is -0.113. The van der Waals surface area contributed by atoms with Crippen molar-refractivity contribution in [2.24, 2.45) is 0 Å². The summed E-state index contributed by atoms with van der Waals surface area (Å²) in [6, 6.07) is 11.2. The molecule has 0 unspecified atom stereocenters. The highest BCUT2D eigenvalue weighted by Crippen LogP contribution is 2.22. The second-order valence-electron chi connectivity index (χ2n) is 7.82. The molecule has 0 aliphatic rings. The number of anilines is 1.